The molecule has 6 heteroatoms. The maximum atomic E-state index is 13.0. The van der Waals surface area contributed by atoms with E-state index in [0.29, 0.717) is 11.4 Å². The van der Waals surface area contributed by atoms with E-state index in [4.69, 9.17) is 23.2 Å². The highest BCUT2D eigenvalue weighted by atomic mass is 35.5. The van der Waals surface area contributed by atoms with Gasteiger partial charge >= 0.3 is 0 Å². The Hall–Kier alpha value is -1.39. The van der Waals surface area contributed by atoms with E-state index < -0.39 is 5.82 Å². The van der Waals surface area contributed by atoms with Crippen LogP contribution in [0.5, 0.6) is 0 Å². The highest BCUT2D eigenvalue weighted by Crippen LogP contribution is 2.20. The molecule has 0 saturated heterocycles. The van der Waals surface area contributed by atoms with Crippen LogP contribution in [0.25, 0.3) is 0 Å². The number of hydrogen-bond donors (Lipinski definition) is 0. The van der Waals surface area contributed by atoms with Crippen molar-refractivity contribution < 1.29 is 4.39 Å². The number of halogens is 3. The van der Waals surface area contributed by atoms with Gasteiger partial charge in [-0.05, 0) is 17.7 Å². The Bertz CT molecular complexity index is 698. The van der Waals surface area contributed by atoms with E-state index in [9.17, 15) is 9.18 Å². The summed E-state index contributed by atoms with van der Waals surface area (Å²) in [4.78, 5) is 16.3. The van der Waals surface area contributed by atoms with Gasteiger partial charge in [0.1, 0.15) is 16.8 Å². The molecule has 0 aliphatic carbocycles. The third kappa shape index (κ3) is 3.19. The third-order valence-electron chi connectivity index (χ3n) is 2.87. The Morgan fingerprint density at radius 2 is 2.00 bits per heavy atom. The van der Waals surface area contributed by atoms with Crippen molar-refractivity contribution in [3.8, 4) is 0 Å². The molecule has 0 N–H and O–H groups in total. The zero-order valence-corrected chi connectivity index (χ0v) is 12.5. The summed E-state index contributed by atoms with van der Waals surface area (Å²) in [5.74, 6) is 0.188. The molecule has 0 unspecified atom stereocenters. The van der Waals surface area contributed by atoms with Crippen LogP contribution in [0.2, 0.25) is 10.2 Å². The standard InChI is InChI=1S/C14H13Cl2FN2O/c1-8(2)14-18-12(16)6-13(20)19(14)7-9-3-4-10(17)5-11(9)15/h3-6,8H,7H2,1-2H3. The van der Waals surface area contributed by atoms with Crippen LogP contribution in [0.4, 0.5) is 4.39 Å². The molecule has 0 spiro atoms. The molecule has 0 aliphatic heterocycles. The summed E-state index contributed by atoms with van der Waals surface area (Å²) >= 11 is 11.8. The van der Waals surface area contributed by atoms with Gasteiger partial charge in [0.2, 0.25) is 0 Å². The van der Waals surface area contributed by atoms with E-state index in [0.717, 1.165) is 0 Å². The molecule has 0 fully saturated rings. The van der Waals surface area contributed by atoms with Crippen LogP contribution in [0, 0.1) is 5.82 Å². The minimum atomic E-state index is -0.413. The first kappa shape index (κ1) is 15.0. The Morgan fingerprint density at radius 1 is 1.30 bits per heavy atom. The maximum absolute atomic E-state index is 13.0. The van der Waals surface area contributed by atoms with Gasteiger partial charge in [0.25, 0.3) is 5.56 Å². The first-order chi connectivity index (χ1) is 9.38. The van der Waals surface area contributed by atoms with Crippen molar-refractivity contribution in [3.63, 3.8) is 0 Å². The van der Waals surface area contributed by atoms with Crippen molar-refractivity contribution in [3.05, 3.63) is 62.0 Å². The minimum Gasteiger partial charge on any atom is -0.292 e. The molecular formula is C14H13Cl2FN2O. The molecule has 0 amide bonds. The molecule has 106 valence electrons. The van der Waals surface area contributed by atoms with E-state index in [1.165, 1.54) is 22.8 Å². The lowest BCUT2D eigenvalue weighted by molar-refractivity contribution is 0.615. The van der Waals surface area contributed by atoms with Crippen molar-refractivity contribution >= 4 is 23.2 Å². The normalized spacial score (nSPS) is 11.1. The van der Waals surface area contributed by atoms with Crippen molar-refractivity contribution in [1.82, 2.24) is 9.55 Å². The van der Waals surface area contributed by atoms with Gasteiger partial charge in [-0.25, -0.2) is 9.37 Å². The topological polar surface area (TPSA) is 34.9 Å². The predicted molar refractivity (Wildman–Crippen MR) is 78.1 cm³/mol. The summed E-state index contributed by atoms with van der Waals surface area (Å²) in [6.07, 6.45) is 0. The predicted octanol–water partition coefficient (Wildman–Crippen LogP) is 3.86. The molecule has 0 atom stereocenters. The molecule has 2 aromatic rings. The summed E-state index contributed by atoms with van der Waals surface area (Å²) in [5, 5.41) is 0.446. The summed E-state index contributed by atoms with van der Waals surface area (Å²) in [6, 6.07) is 5.35. The highest BCUT2D eigenvalue weighted by Gasteiger charge is 2.13. The van der Waals surface area contributed by atoms with E-state index in [2.05, 4.69) is 4.98 Å². The minimum absolute atomic E-state index is 0.0284. The Kier molecular flexibility index (Phi) is 4.45. The van der Waals surface area contributed by atoms with Crippen molar-refractivity contribution in [2.75, 3.05) is 0 Å². The Labute approximate surface area is 126 Å². The van der Waals surface area contributed by atoms with Gasteiger partial charge in [0, 0.05) is 17.0 Å². The maximum Gasteiger partial charge on any atom is 0.255 e. The van der Waals surface area contributed by atoms with Crippen molar-refractivity contribution in [2.24, 2.45) is 0 Å². The Balaban J connectivity index is 2.50. The molecule has 0 bridgehead atoms. The van der Waals surface area contributed by atoms with Crippen LogP contribution in [-0.2, 0) is 6.54 Å². The molecule has 0 radical (unpaired) electrons. The van der Waals surface area contributed by atoms with Gasteiger partial charge in [0.05, 0.1) is 6.54 Å². The number of nitrogens with zero attached hydrogens (tertiary/aromatic N) is 2. The van der Waals surface area contributed by atoms with Crippen LogP contribution >= 0.6 is 23.2 Å². The molecule has 0 saturated carbocycles. The van der Waals surface area contributed by atoms with Gasteiger partial charge in [-0.15, -0.1) is 0 Å². The Morgan fingerprint density at radius 3 is 2.60 bits per heavy atom. The zero-order valence-electron chi connectivity index (χ0n) is 11.0. The highest BCUT2D eigenvalue weighted by molar-refractivity contribution is 6.31. The van der Waals surface area contributed by atoms with Crippen LogP contribution in [0.3, 0.4) is 0 Å². The van der Waals surface area contributed by atoms with E-state index in [1.54, 1.807) is 6.07 Å². The van der Waals surface area contributed by atoms with E-state index >= 15 is 0 Å². The van der Waals surface area contributed by atoms with Gasteiger partial charge < -0.3 is 0 Å². The number of benzene rings is 1. The molecule has 20 heavy (non-hydrogen) atoms. The summed E-state index contributed by atoms with van der Waals surface area (Å²) in [6.45, 7) is 4.07. The van der Waals surface area contributed by atoms with Crippen LogP contribution in [0.1, 0.15) is 31.2 Å². The van der Waals surface area contributed by atoms with Gasteiger partial charge in [-0.3, -0.25) is 9.36 Å². The summed E-state index contributed by atoms with van der Waals surface area (Å²) < 4.78 is 14.5. The second-order valence-corrected chi connectivity index (χ2v) is 5.55. The van der Waals surface area contributed by atoms with E-state index in [-0.39, 0.29) is 28.2 Å². The summed E-state index contributed by atoms with van der Waals surface area (Å²) in [7, 11) is 0. The second-order valence-electron chi connectivity index (χ2n) is 4.75. The van der Waals surface area contributed by atoms with Gasteiger partial charge in [-0.1, -0.05) is 43.1 Å². The van der Waals surface area contributed by atoms with Crippen LogP contribution < -0.4 is 5.56 Å². The van der Waals surface area contributed by atoms with E-state index in [1.807, 2.05) is 13.8 Å². The molecule has 3 nitrogen and oxygen atoms in total. The zero-order chi connectivity index (χ0) is 14.9. The third-order valence-corrected chi connectivity index (χ3v) is 3.41. The van der Waals surface area contributed by atoms with Crippen molar-refractivity contribution in [2.45, 2.75) is 26.3 Å². The monoisotopic (exact) mass is 314 g/mol. The molecular weight excluding hydrogens is 302 g/mol. The molecule has 1 heterocycles. The summed E-state index contributed by atoms with van der Waals surface area (Å²) in [5.41, 5.74) is 0.398. The average molecular weight is 315 g/mol. The average Bonchev–Trinajstić information content (AvgIpc) is 2.34. The molecule has 1 aromatic heterocycles. The largest absolute Gasteiger partial charge is 0.292 e. The molecule has 0 aliphatic rings. The second kappa shape index (κ2) is 5.94. The lowest BCUT2D eigenvalue weighted by atomic mass is 10.1. The van der Waals surface area contributed by atoms with Gasteiger partial charge in [-0.2, -0.15) is 0 Å². The fourth-order valence-electron chi connectivity index (χ4n) is 1.91. The molecule has 1 aromatic carbocycles. The van der Waals surface area contributed by atoms with Crippen LogP contribution in [-0.4, -0.2) is 9.55 Å². The first-order valence-corrected chi connectivity index (χ1v) is 6.85. The quantitative estimate of drug-likeness (QED) is 0.806. The lowest BCUT2D eigenvalue weighted by Gasteiger charge is -2.15. The SMILES string of the molecule is CC(C)c1nc(Cl)cc(=O)n1Cc1ccc(F)cc1Cl. The number of rotatable bonds is 3. The van der Waals surface area contributed by atoms with Crippen molar-refractivity contribution in [1.29, 1.82) is 0 Å². The van der Waals surface area contributed by atoms with Crippen LogP contribution in [0.15, 0.2) is 29.1 Å². The number of hydrogen-bond acceptors (Lipinski definition) is 2. The van der Waals surface area contributed by atoms with Gasteiger partial charge in [0.15, 0.2) is 0 Å². The fourth-order valence-corrected chi connectivity index (χ4v) is 2.32. The lowest BCUT2D eigenvalue weighted by Crippen LogP contribution is -2.26. The number of aromatic nitrogens is 2. The fraction of sp³-hybridized carbons (Fsp3) is 0.286. The molecule has 2 rings (SSSR count). The smallest absolute Gasteiger partial charge is 0.255 e. The first-order valence-electron chi connectivity index (χ1n) is 6.09.